The number of rotatable bonds is 4. The van der Waals surface area contributed by atoms with Crippen LogP contribution in [0.5, 0.6) is 0 Å². The van der Waals surface area contributed by atoms with Crippen molar-refractivity contribution in [3.05, 3.63) is 28.2 Å². The van der Waals surface area contributed by atoms with E-state index in [-0.39, 0.29) is 30.4 Å². The minimum absolute atomic E-state index is 0. The molecular weight excluding hydrogens is 316 g/mol. The van der Waals surface area contributed by atoms with E-state index in [1.807, 2.05) is 0 Å². The average Bonchev–Trinajstić information content (AvgIpc) is 2.19. The Labute approximate surface area is 110 Å². The van der Waals surface area contributed by atoms with Gasteiger partial charge in [-0.3, -0.25) is 0 Å². The van der Waals surface area contributed by atoms with Gasteiger partial charge in [0.1, 0.15) is 0 Å². The van der Waals surface area contributed by atoms with Crippen molar-refractivity contribution < 1.29 is 8.42 Å². The van der Waals surface area contributed by atoms with E-state index in [1.165, 1.54) is 0 Å². The van der Waals surface area contributed by atoms with Crippen LogP contribution < -0.4 is 10.5 Å². The van der Waals surface area contributed by atoms with Crippen LogP contribution in [0.25, 0.3) is 0 Å². The Morgan fingerprint density at radius 1 is 1.44 bits per heavy atom. The number of nitrogens with one attached hydrogen (secondary N) is 1. The molecule has 0 saturated carbocycles. The molecule has 0 spiro atoms. The Hall–Kier alpha value is -0.140. The minimum atomic E-state index is -3.44. The second-order valence-corrected chi connectivity index (χ2v) is 5.64. The maximum Gasteiger partial charge on any atom is 0.240 e. The maximum atomic E-state index is 11.8. The number of benzene rings is 1. The first-order valence-corrected chi connectivity index (χ1v) is 6.71. The molecule has 0 bridgehead atoms. The summed E-state index contributed by atoms with van der Waals surface area (Å²) in [6, 6.07) is 5.06. The highest BCUT2D eigenvalue weighted by molar-refractivity contribution is 9.10. The highest BCUT2D eigenvalue weighted by Crippen LogP contribution is 2.22. The van der Waals surface area contributed by atoms with Crippen molar-refractivity contribution in [2.45, 2.75) is 11.8 Å². The van der Waals surface area contributed by atoms with Crippen LogP contribution in [-0.2, 0) is 10.0 Å². The maximum absolute atomic E-state index is 11.8. The Morgan fingerprint density at radius 2 is 2.06 bits per heavy atom. The van der Waals surface area contributed by atoms with E-state index >= 15 is 0 Å². The second-order valence-electron chi connectivity index (χ2n) is 3.05. The first-order valence-electron chi connectivity index (χ1n) is 4.44. The third-order valence-corrected chi connectivity index (χ3v) is 4.41. The lowest BCUT2D eigenvalue weighted by Gasteiger charge is -2.09. The third-order valence-electron chi connectivity index (χ3n) is 1.94. The van der Waals surface area contributed by atoms with E-state index in [0.717, 1.165) is 4.47 Å². The molecule has 0 aromatic heterocycles. The Morgan fingerprint density at radius 3 is 2.62 bits per heavy atom. The molecule has 92 valence electrons. The molecule has 16 heavy (non-hydrogen) atoms. The van der Waals surface area contributed by atoms with Crippen molar-refractivity contribution in [2.75, 3.05) is 13.1 Å². The predicted molar refractivity (Wildman–Crippen MR) is 70.4 cm³/mol. The van der Waals surface area contributed by atoms with Gasteiger partial charge in [-0.15, -0.1) is 12.4 Å². The van der Waals surface area contributed by atoms with Gasteiger partial charge in [0.05, 0.1) is 4.90 Å². The van der Waals surface area contributed by atoms with Crippen LogP contribution in [0.1, 0.15) is 5.56 Å². The van der Waals surface area contributed by atoms with Crippen molar-refractivity contribution in [3.8, 4) is 0 Å². The van der Waals surface area contributed by atoms with Gasteiger partial charge in [-0.25, -0.2) is 13.1 Å². The fourth-order valence-electron chi connectivity index (χ4n) is 1.15. The van der Waals surface area contributed by atoms with E-state index in [9.17, 15) is 8.42 Å². The van der Waals surface area contributed by atoms with Crippen molar-refractivity contribution in [2.24, 2.45) is 5.73 Å². The number of sulfonamides is 1. The van der Waals surface area contributed by atoms with E-state index in [1.54, 1.807) is 25.1 Å². The first-order chi connectivity index (χ1) is 6.99. The van der Waals surface area contributed by atoms with Gasteiger partial charge < -0.3 is 5.73 Å². The average molecular weight is 330 g/mol. The molecule has 3 N–H and O–H groups in total. The first kappa shape index (κ1) is 15.9. The molecule has 0 fully saturated rings. The molecule has 0 aliphatic carbocycles. The van der Waals surface area contributed by atoms with Crippen LogP contribution in [0.3, 0.4) is 0 Å². The monoisotopic (exact) mass is 328 g/mol. The van der Waals surface area contributed by atoms with Crippen LogP contribution in [0.4, 0.5) is 0 Å². The Balaban J connectivity index is 0.00000225. The SMILES string of the molecule is Cc1c(Br)cccc1S(=O)(=O)NCCN.Cl. The number of hydrogen-bond acceptors (Lipinski definition) is 3. The number of nitrogens with two attached hydrogens (primary N) is 1. The third kappa shape index (κ3) is 3.71. The van der Waals surface area contributed by atoms with Crippen molar-refractivity contribution in [3.63, 3.8) is 0 Å². The van der Waals surface area contributed by atoms with Gasteiger partial charge in [0.25, 0.3) is 0 Å². The molecule has 0 unspecified atom stereocenters. The van der Waals surface area contributed by atoms with Crippen LogP contribution in [0.15, 0.2) is 27.6 Å². The normalized spacial score (nSPS) is 10.9. The summed E-state index contributed by atoms with van der Waals surface area (Å²) < 4.78 is 26.7. The fourth-order valence-corrected chi connectivity index (χ4v) is 2.96. The van der Waals surface area contributed by atoms with Gasteiger partial charge in [-0.1, -0.05) is 22.0 Å². The zero-order valence-corrected chi connectivity index (χ0v) is 12.0. The molecule has 1 aromatic carbocycles. The van der Waals surface area contributed by atoms with Crippen LogP contribution >= 0.6 is 28.3 Å². The number of hydrogen-bond donors (Lipinski definition) is 2. The molecule has 0 heterocycles. The molecule has 0 atom stereocenters. The fraction of sp³-hybridized carbons (Fsp3) is 0.333. The van der Waals surface area contributed by atoms with Crippen molar-refractivity contribution >= 4 is 38.4 Å². The zero-order chi connectivity index (χ0) is 11.5. The summed E-state index contributed by atoms with van der Waals surface area (Å²) in [7, 11) is -3.44. The molecule has 0 aliphatic heterocycles. The predicted octanol–water partition coefficient (Wildman–Crippen LogP) is 1.42. The van der Waals surface area contributed by atoms with E-state index in [2.05, 4.69) is 20.7 Å². The molecular formula is C9H14BrClN2O2S. The quantitative estimate of drug-likeness (QED) is 0.877. The van der Waals surface area contributed by atoms with Crippen LogP contribution in [0, 0.1) is 6.92 Å². The molecule has 7 heteroatoms. The van der Waals surface area contributed by atoms with E-state index in [0.29, 0.717) is 5.56 Å². The largest absolute Gasteiger partial charge is 0.329 e. The molecule has 0 saturated heterocycles. The molecule has 0 amide bonds. The molecule has 4 nitrogen and oxygen atoms in total. The lowest BCUT2D eigenvalue weighted by Crippen LogP contribution is -2.29. The van der Waals surface area contributed by atoms with Crippen LogP contribution in [-0.4, -0.2) is 21.5 Å². The van der Waals surface area contributed by atoms with E-state index < -0.39 is 10.0 Å². The summed E-state index contributed by atoms with van der Waals surface area (Å²) in [5, 5.41) is 0. The second kappa shape index (κ2) is 6.56. The van der Waals surface area contributed by atoms with Crippen molar-refractivity contribution in [1.29, 1.82) is 0 Å². The lowest BCUT2D eigenvalue weighted by atomic mass is 10.2. The summed E-state index contributed by atoms with van der Waals surface area (Å²) in [4.78, 5) is 0.283. The molecule has 1 aromatic rings. The topological polar surface area (TPSA) is 72.2 Å². The summed E-state index contributed by atoms with van der Waals surface area (Å²) in [6.07, 6.45) is 0. The zero-order valence-electron chi connectivity index (χ0n) is 8.73. The highest BCUT2D eigenvalue weighted by Gasteiger charge is 2.16. The molecule has 0 radical (unpaired) electrons. The van der Waals surface area contributed by atoms with Gasteiger partial charge in [0.2, 0.25) is 10.0 Å². The highest BCUT2D eigenvalue weighted by atomic mass is 79.9. The number of halogens is 2. The smallest absolute Gasteiger partial charge is 0.240 e. The standard InChI is InChI=1S/C9H13BrN2O2S.ClH/c1-7-8(10)3-2-4-9(7)15(13,14)12-6-5-11;/h2-4,12H,5-6,11H2,1H3;1H. The summed E-state index contributed by atoms with van der Waals surface area (Å²) in [6.45, 7) is 2.28. The summed E-state index contributed by atoms with van der Waals surface area (Å²) in [5.74, 6) is 0. The summed E-state index contributed by atoms with van der Waals surface area (Å²) >= 11 is 3.29. The van der Waals surface area contributed by atoms with Gasteiger partial charge in [0, 0.05) is 17.6 Å². The Bertz CT molecular complexity index is 451. The Kier molecular flexibility index (Phi) is 6.50. The minimum Gasteiger partial charge on any atom is -0.329 e. The van der Waals surface area contributed by atoms with Gasteiger partial charge in [-0.2, -0.15) is 0 Å². The molecule has 0 aliphatic rings. The van der Waals surface area contributed by atoms with Gasteiger partial charge in [-0.05, 0) is 24.6 Å². The van der Waals surface area contributed by atoms with Crippen LogP contribution in [0.2, 0.25) is 0 Å². The van der Waals surface area contributed by atoms with E-state index in [4.69, 9.17) is 5.73 Å². The molecule has 1 rings (SSSR count). The lowest BCUT2D eigenvalue weighted by molar-refractivity contribution is 0.581. The van der Waals surface area contributed by atoms with Crippen molar-refractivity contribution in [1.82, 2.24) is 4.72 Å². The van der Waals surface area contributed by atoms with Gasteiger partial charge in [0.15, 0.2) is 0 Å². The summed E-state index contributed by atoms with van der Waals surface area (Å²) in [5.41, 5.74) is 5.94. The van der Waals surface area contributed by atoms with Gasteiger partial charge >= 0.3 is 0 Å².